The molecule has 0 aromatic heterocycles. The van der Waals surface area contributed by atoms with Gasteiger partial charge in [0.1, 0.15) is 0 Å². The molecular weight excluding hydrogens is 276 g/mol. The molecular formula is C18H26N2O2. The summed E-state index contributed by atoms with van der Waals surface area (Å²) in [5.41, 5.74) is 7.30. The Morgan fingerprint density at radius 1 is 1.18 bits per heavy atom. The highest BCUT2D eigenvalue weighted by molar-refractivity contribution is 5.97. The molecule has 120 valence electrons. The van der Waals surface area contributed by atoms with Gasteiger partial charge in [-0.15, -0.1) is 0 Å². The summed E-state index contributed by atoms with van der Waals surface area (Å²) in [6.07, 6.45) is 2.65. The summed E-state index contributed by atoms with van der Waals surface area (Å²) in [6, 6.07) is 8.04. The zero-order valence-electron chi connectivity index (χ0n) is 13.5. The first-order valence-corrected chi connectivity index (χ1v) is 8.09. The van der Waals surface area contributed by atoms with E-state index in [1.54, 1.807) is 0 Å². The van der Waals surface area contributed by atoms with Crippen molar-refractivity contribution in [2.45, 2.75) is 33.1 Å². The fourth-order valence-corrected chi connectivity index (χ4v) is 3.09. The highest BCUT2D eigenvalue weighted by atomic mass is 16.1. The number of nitrogens with zero attached hydrogens (tertiary/aromatic N) is 1. The maximum atomic E-state index is 12.6. The fourth-order valence-electron chi connectivity index (χ4n) is 3.09. The van der Waals surface area contributed by atoms with Gasteiger partial charge in [0.05, 0.1) is 6.54 Å². The largest absolute Gasteiger partial charge is 0.369 e. The van der Waals surface area contributed by atoms with Crippen LogP contribution in [0.15, 0.2) is 24.3 Å². The van der Waals surface area contributed by atoms with Gasteiger partial charge in [-0.2, -0.15) is 0 Å². The van der Waals surface area contributed by atoms with Crippen molar-refractivity contribution in [1.29, 1.82) is 0 Å². The lowest BCUT2D eigenvalue weighted by atomic mass is 9.88. The lowest BCUT2D eigenvalue weighted by molar-refractivity contribution is -0.119. The number of nitrogens with two attached hydrogens (primary N) is 1. The molecule has 1 heterocycles. The molecule has 1 saturated heterocycles. The van der Waals surface area contributed by atoms with E-state index in [4.69, 9.17) is 5.73 Å². The average Bonchev–Trinajstić information content (AvgIpc) is 2.47. The molecule has 0 bridgehead atoms. The lowest BCUT2D eigenvalue weighted by Crippen LogP contribution is -2.41. The summed E-state index contributed by atoms with van der Waals surface area (Å²) >= 11 is 0. The minimum absolute atomic E-state index is 0.0695. The van der Waals surface area contributed by atoms with Gasteiger partial charge in [-0.1, -0.05) is 38.1 Å². The molecule has 0 atom stereocenters. The summed E-state index contributed by atoms with van der Waals surface area (Å²) in [4.78, 5) is 25.5. The summed E-state index contributed by atoms with van der Waals surface area (Å²) < 4.78 is 0. The van der Waals surface area contributed by atoms with Gasteiger partial charge in [-0.25, -0.2) is 0 Å². The van der Waals surface area contributed by atoms with Crippen molar-refractivity contribution in [3.63, 3.8) is 0 Å². The third kappa shape index (κ3) is 4.67. The number of carbonyl (C=O) groups is 2. The first-order valence-electron chi connectivity index (χ1n) is 8.09. The number of rotatable bonds is 6. The number of benzene rings is 1. The van der Waals surface area contributed by atoms with E-state index in [0.717, 1.165) is 37.9 Å². The van der Waals surface area contributed by atoms with Crippen molar-refractivity contribution in [2.75, 3.05) is 19.6 Å². The fraction of sp³-hybridized carbons (Fsp3) is 0.556. The maximum absolute atomic E-state index is 12.6. The Kier molecular flexibility index (Phi) is 5.72. The van der Waals surface area contributed by atoms with Gasteiger partial charge >= 0.3 is 0 Å². The third-order valence-corrected chi connectivity index (χ3v) is 4.22. The smallest absolute Gasteiger partial charge is 0.231 e. The number of piperidine rings is 1. The summed E-state index contributed by atoms with van der Waals surface area (Å²) in [5, 5.41) is 0. The van der Waals surface area contributed by atoms with Crippen molar-refractivity contribution in [2.24, 2.45) is 17.6 Å². The van der Waals surface area contributed by atoms with Gasteiger partial charge < -0.3 is 5.73 Å². The molecule has 1 aliphatic rings. The van der Waals surface area contributed by atoms with E-state index in [-0.39, 0.29) is 17.6 Å². The van der Waals surface area contributed by atoms with E-state index < -0.39 is 0 Å². The molecule has 1 amide bonds. The summed E-state index contributed by atoms with van der Waals surface area (Å²) in [6.45, 7) is 6.22. The topological polar surface area (TPSA) is 63.4 Å². The molecule has 1 aliphatic heterocycles. The number of Topliss-reactive ketones (excluding diaryl/α,β-unsaturated/α-hetero) is 1. The zero-order valence-corrected chi connectivity index (χ0v) is 13.5. The molecule has 4 nitrogen and oxygen atoms in total. The SMILES string of the molecule is CC(C)Cc1ccc(C(=O)C2CCN(CC(N)=O)CC2)cc1. The minimum Gasteiger partial charge on any atom is -0.369 e. The van der Waals surface area contributed by atoms with Crippen LogP contribution in [0.3, 0.4) is 0 Å². The van der Waals surface area contributed by atoms with Crippen molar-refractivity contribution >= 4 is 11.7 Å². The monoisotopic (exact) mass is 302 g/mol. The normalized spacial score (nSPS) is 16.9. The molecule has 1 aromatic rings. The van der Waals surface area contributed by atoms with E-state index in [9.17, 15) is 9.59 Å². The van der Waals surface area contributed by atoms with E-state index in [2.05, 4.69) is 26.0 Å². The van der Waals surface area contributed by atoms with E-state index in [1.807, 2.05) is 17.0 Å². The predicted octanol–water partition coefficient (Wildman–Crippen LogP) is 2.27. The Morgan fingerprint density at radius 2 is 1.77 bits per heavy atom. The summed E-state index contributed by atoms with van der Waals surface area (Å²) in [5.74, 6) is 0.622. The van der Waals surface area contributed by atoms with Crippen molar-refractivity contribution in [1.82, 2.24) is 4.90 Å². The van der Waals surface area contributed by atoms with Crippen molar-refractivity contribution < 1.29 is 9.59 Å². The van der Waals surface area contributed by atoms with Gasteiger partial charge in [-0.3, -0.25) is 14.5 Å². The van der Waals surface area contributed by atoms with Crippen LogP contribution in [0.2, 0.25) is 0 Å². The lowest BCUT2D eigenvalue weighted by Gasteiger charge is -2.30. The van der Waals surface area contributed by atoms with Crippen LogP contribution in [0.1, 0.15) is 42.6 Å². The van der Waals surface area contributed by atoms with Crippen LogP contribution >= 0.6 is 0 Å². The van der Waals surface area contributed by atoms with E-state index in [1.165, 1.54) is 5.56 Å². The second kappa shape index (κ2) is 7.54. The number of carbonyl (C=O) groups excluding carboxylic acids is 2. The molecule has 0 radical (unpaired) electrons. The highest BCUT2D eigenvalue weighted by Gasteiger charge is 2.26. The Morgan fingerprint density at radius 3 is 2.27 bits per heavy atom. The van der Waals surface area contributed by atoms with Crippen LogP contribution in [0.4, 0.5) is 0 Å². The second-order valence-corrected chi connectivity index (χ2v) is 6.68. The second-order valence-electron chi connectivity index (χ2n) is 6.68. The number of hydrogen-bond donors (Lipinski definition) is 1. The molecule has 1 aromatic carbocycles. The van der Waals surface area contributed by atoms with E-state index in [0.29, 0.717) is 12.5 Å². The molecule has 0 aliphatic carbocycles. The molecule has 22 heavy (non-hydrogen) atoms. The maximum Gasteiger partial charge on any atom is 0.231 e. The highest BCUT2D eigenvalue weighted by Crippen LogP contribution is 2.22. The molecule has 4 heteroatoms. The molecule has 2 N–H and O–H groups in total. The van der Waals surface area contributed by atoms with Crippen LogP contribution in [-0.2, 0) is 11.2 Å². The number of likely N-dealkylation sites (tertiary alicyclic amines) is 1. The number of ketones is 1. The molecule has 0 spiro atoms. The van der Waals surface area contributed by atoms with Gasteiger partial charge in [0.15, 0.2) is 5.78 Å². The Bertz CT molecular complexity index is 514. The van der Waals surface area contributed by atoms with Gasteiger partial charge in [0.2, 0.25) is 5.91 Å². The third-order valence-electron chi connectivity index (χ3n) is 4.22. The van der Waals surface area contributed by atoms with Crippen LogP contribution in [0, 0.1) is 11.8 Å². The van der Waals surface area contributed by atoms with Crippen LogP contribution in [-0.4, -0.2) is 36.2 Å². The Balaban J connectivity index is 1.91. The van der Waals surface area contributed by atoms with Crippen LogP contribution in [0.25, 0.3) is 0 Å². The minimum atomic E-state index is -0.300. The molecule has 1 fully saturated rings. The Labute approximate surface area is 132 Å². The van der Waals surface area contributed by atoms with Crippen molar-refractivity contribution in [3.8, 4) is 0 Å². The number of primary amides is 1. The van der Waals surface area contributed by atoms with Crippen LogP contribution in [0.5, 0.6) is 0 Å². The van der Waals surface area contributed by atoms with E-state index >= 15 is 0 Å². The first kappa shape index (κ1) is 16.7. The Hall–Kier alpha value is -1.68. The van der Waals surface area contributed by atoms with Crippen molar-refractivity contribution in [3.05, 3.63) is 35.4 Å². The van der Waals surface area contributed by atoms with Gasteiger partial charge in [0, 0.05) is 11.5 Å². The number of amides is 1. The average molecular weight is 302 g/mol. The molecule has 0 saturated carbocycles. The van der Waals surface area contributed by atoms with Crippen LogP contribution < -0.4 is 5.73 Å². The molecule has 2 rings (SSSR count). The molecule has 0 unspecified atom stereocenters. The summed E-state index contributed by atoms with van der Waals surface area (Å²) in [7, 11) is 0. The van der Waals surface area contributed by atoms with Gasteiger partial charge in [-0.05, 0) is 43.8 Å². The predicted molar refractivity (Wildman–Crippen MR) is 87.7 cm³/mol. The van der Waals surface area contributed by atoms with Gasteiger partial charge in [0.25, 0.3) is 0 Å². The quantitative estimate of drug-likeness (QED) is 0.820. The number of hydrogen-bond acceptors (Lipinski definition) is 3. The standard InChI is InChI=1S/C18H26N2O2/c1-13(2)11-14-3-5-15(6-4-14)18(22)16-7-9-20(10-8-16)12-17(19)21/h3-6,13,16H,7-12H2,1-2H3,(H2,19,21). The zero-order chi connectivity index (χ0) is 16.1. The first-order chi connectivity index (χ1) is 10.5.